The SMILES string of the molecule is CNCc1nc(C2CCCCS2)no1. The monoisotopic (exact) mass is 213 g/mol. The van der Waals surface area contributed by atoms with Crippen LogP contribution in [0.5, 0.6) is 0 Å². The van der Waals surface area contributed by atoms with E-state index < -0.39 is 0 Å². The lowest BCUT2D eigenvalue weighted by Crippen LogP contribution is -2.06. The smallest absolute Gasteiger partial charge is 0.240 e. The Morgan fingerprint density at radius 2 is 2.50 bits per heavy atom. The minimum Gasteiger partial charge on any atom is -0.338 e. The fraction of sp³-hybridized carbons (Fsp3) is 0.778. The van der Waals surface area contributed by atoms with Crippen LogP contribution in [-0.2, 0) is 6.54 Å². The molecule has 2 heterocycles. The molecule has 0 aliphatic carbocycles. The minimum atomic E-state index is 0.457. The number of nitrogens with one attached hydrogen (secondary N) is 1. The summed E-state index contributed by atoms with van der Waals surface area (Å²) < 4.78 is 5.12. The van der Waals surface area contributed by atoms with Gasteiger partial charge in [-0.2, -0.15) is 16.7 Å². The van der Waals surface area contributed by atoms with Gasteiger partial charge in [0.1, 0.15) is 0 Å². The van der Waals surface area contributed by atoms with Crippen molar-refractivity contribution in [3.8, 4) is 0 Å². The summed E-state index contributed by atoms with van der Waals surface area (Å²) in [6, 6.07) is 0. The number of rotatable bonds is 3. The lowest BCUT2D eigenvalue weighted by molar-refractivity contribution is 0.366. The van der Waals surface area contributed by atoms with Crippen molar-refractivity contribution in [2.24, 2.45) is 0 Å². The maximum Gasteiger partial charge on any atom is 0.240 e. The van der Waals surface area contributed by atoms with E-state index in [2.05, 4.69) is 15.5 Å². The zero-order valence-electron chi connectivity index (χ0n) is 8.32. The van der Waals surface area contributed by atoms with Crippen LogP contribution in [0.15, 0.2) is 4.52 Å². The van der Waals surface area contributed by atoms with Crippen molar-refractivity contribution in [1.82, 2.24) is 15.5 Å². The van der Waals surface area contributed by atoms with Crippen LogP contribution in [0.1, 0.15) is 36.2 Å². The van der Waals surface area contributed by atoms with Crippen molar-refractivity contribution >= 4 is 11.8 Å². The highest BCUT2D eigenvalue weighted by Gasteiger charge is 2.21. The van der Waals surface area contributed by atoms with E-state index in [1.54, 1.807) is 0 Å². The molecule has 1 aromatic rings. The van der Waals surface area contributed by atoms with Gasteiger partial charge in [0.25, 0.3) is 0 Å². The molecule has 2 rings (SSSR count). The highest BCUT2D eigenvalue weighted by Crippen LogP contribution is 2.36. The zero-order chi connectivity index (χ0) is 9.80. The first-order valence-corrected chi connectivity index (χ1v) is 6.03. The summed E-state index contributed by atoms with van der Waals surface area (Å²) in [4.78, 5) is 4.36. The first-order valence-electron chi connectivity index (χ1n) is 4.99. The van der Waals surface area contributed by atoms with Gasteiger partial charge in [0.05, 0.1) is 11.8 Å². The molecule has 0 aromatic carbocycles. The highest BCUT2D eigenvalue weighted by atomic mass is 32.2. The Hall–Kier alpha value is -0.550. The highest BCUT2D eigenvalue weighted by molar-refractivity contribution is 7.99. The van der Waals surface area contributed by atoms with E-state index in [0.717, 1.165) is 5.82 Å². The minimum absolute atomic E-state index is 0.457. The molecule has 0 amide bonds. The van der Waals surface area contributed by atoms with E-state index in [4.69, 9.17) is 4.52 Å². The Kier molecular flexibility index (Phi) is 3.42. The summed E-state index contributed by atoms with van der Waals surface area (Å²) in [7, 11) is 1.87. The van der Waals surface area contributed by atoms with Gasteiger partial charge in [0.15, 0.2) is 5.82 Å². The quantitative estimate of drug-likeness (QED) is 0.829. The third kappa shape index (κ3) is 2.27. The summed E-state index contributed by atoms with van der Waals surface area (Å²) in [5, 5.41) is 7.47. The van der Waals surface area contributed by atoms with Crippen LogP contribution in [0.2, 0.25) is 0 Å². The largest absolute Gasteiger partial charge is 0.338 e. The third-order valence-corrected chi connectivity index (χ3v) is 3.65. The Morgan fingerprint density at radius 3 is 3.21 bits per heavy atom. The van der Waals surface area contributed by atoms with Crippen LogP contribution < -0.4 is 5.32 Å². The predicted molar refractivity (Wildman–Crippen MR) is 56.1 cm³/mol. The van der Waals surface area contributed by atoms with E-state index in [-0.39, 0.29) is 0 Å². The van der Waals surface area contributed by atoms with Crippen molar-refractivity contribution < 1.29 is 4.52 Å². The third-order valence-electron chi connectivity index (χ3n) is 2.28. The van der Waals surface area contributed by atoms with Gasteiger partial charge in [0.2, 0.25) is 5.89 Å². The molecule has 1 unspecified atom stereocenters. The molecule has 0 radical (unpaired) electrons. The van der Waals surface area contributed by atoms with E-state index >= 15 is 0 Å². The molecule has 0 saturated carbocycles. The molecule has 1 aliphatic rings. The Balaban J connectivity index is 2.00. The van der Waals surface area contributed by atoms with Crippen LogP contribution >= 0.6 is 11.8 Å². The van der Waals surface area contributed by atoms with E-state index in [1.807, 2.05) is 18.8 Å². The van der Waals surface area contributed by atoms with Crippen molar-refractivity contribution in [1.29, 1.82) is 0 Å². The van der Waals surface area contributed by atoms with Crippen molar-refractivity contribution in [2.75, 3.05) is 12.8 Å². The lowest BCUT2D eigenvalue weighted by Gasteiger charge is -2.17. The number of nitrogens with zero attached hydrogens (tertiary/aromatic N) is 2. The molecule has 1 saturated heterocycles. The first-order chi connectivity index (χ1) is 6.90. The number of aromatic nitrogens is 2. The maximum atomic E-state index is 5.12. The molecule has 0 bridgehead atoms. The van der Waals surface area contributed by atoms with Crippen LogP contribution in [0.25, 0.3) is 0 Å². The van der Waals surface area contributed by atoms with Gasteiger partial charge in [-0.15, -0.1) is 0 Å². The van der Waals surface area contributed by atoms with Crippen molar-refractivity contribution in [3.63, 3.8) is 0 Å². The van der Waals surface area contributed by atoms with Gasteiger partial charge >= 0.3 is 0 Å². The van der Waals surface area contributed by atoms with E-state index in [9.17, 15) is 0 Å². The van der Waals surface area contributed by atoms with Crippen LogP contribution in [0.3, 0.4) is 0 Å². The Morgan fingerprint density at radius 1 is 1.57 bits per heavy atom. The molecule has 14 heavy (non-hydrogen) atoms. The molecule has 5 heteroatoms. The second kappa shape index (κ2) is 4.79. The summed E-state index contributed by atoms with van der Waals surface area (Å²) in [6.07, 6.45) is 3.79. The fourth-order valence-electron chi connectivity index (χ4n) is 1.57. The van der Waals surface area contributed by atoms with Gasteiger partial charge in [-0.3, -0.25) is 0 Å². The molecule has 1 aliphatic heterocycles. The predicted octanol–water partition coefficient (Wildman–Crippen LogP) is 1.75. The van der Waals surface area contributed by atoms with E-state index in [1.165, 1.54) is 25.0 Å². The molecule has 1 aromatic heterocycles. The molecule has 1 fully saturated rings. The number of hydrogen-bond acceptors (Lipinski definition) is 5. The van der Waals surface area contributed by atoms with Gasteiger partial charge in [-0.25, -0.2) is 0 Å². The molecular weight excluding hydrogens is 198 g/mol. The fourth-order valence-corrected chi connectivity index (χ4v) is 2.80. The average Bonchev–Trinajstić information content (AvgIpc) is 2.68. The van der Waals surface area contributed by atoms with Crippen molar-refractivity contribution in [3.05, 3.63) is 11.7 Å². The molecule has 4 nitrogen and oxygen atoms in total. The Bertz CT molecular complexity index is 283. The van der Waals surface area contributed by atoms with Gasteiger partial charge in [-0.1, -0.05) is 11.6 Å². The number of hydrogen-bond donors (Lipinski definition) is 1. The maximum absolute atomic E-state index is 5.12. The van der Waals surface area contributed by atoms with Gasteiger partial charge < -0.3 is 9.84 Å². The van der Waals surface area contributed by atoms with E-state index in [0.29, 0.717) is 17.7 Å². The molecular formula is C9H15N3OS. The molecule has 78 valence electrons. The van der Waals surface area contributed by atoms with Crippen LogP contribution in [-0.4, -0.2) is 22.9 Å². The second-order valence-corrected chi connectivity index (χ2v) is 4.74. The standard InChI is InChI=1S/C9H15N3OS/c1-10-6-8-11-9(12-13-8)7-4-2-3-5-14-7/h7,10H,2-6H2,1H3. The molecule has 0 spiro atoms. The Labute approximate surface area is 87.8 Å². The second-order valence-electron chi connectivity index (χ2n) is 3.43. The summed E-state index contributed by atoms with van der Waals surface area (Å²) in [6.45, 7) is 0.657. The first kappa shape index (κ1) is 9.98. The summed E-state index contributed by atoms with van der Waals surface area (Å²) in [5.74, 6) is 2.79. The zero-order valence-corrected chi connectivity index (χ0v) is 9.14. The lowest BCUT2D eigenvalue weighted by atomic mass is 10.2. The normalized spacial score (nSPS) is 22.5. The molecule has 1 N–H and O–H groups in total. The number of thioether (sulfide) groups is 1. The van der Waals surface area contributed by atoms with Crippen LogP contribution in [0, 0.1) is 0 Å². The molecule has 1 atom stereocenters. The topological polar surface area (TPSA) is 51.0 Å². The van der Waals surface area contributed by atoms with Crippen LogP contribution in [0.4, 0.5) is 0 Å². The summed E-state index contributed by atoms with van der Waals surface area (Å²) in [5.41, 5.74) is 0. The van der Waals surface area contributed by atoms with Gasteiger partial charge in [-0.05, 0) is 25.6 Å². The average molecular weight is 213 g/mol. The summed E-state index contributed by atoms with van der Waals surface area (Å²) >= 11 is 1.94. The van der Waals surface area contributed by atoms with Gasteiger partial charge in [0, 0.05) is 0 Å². The van der Waals surface area contributed by atoms with Crippen molar-refractivity contribution in [2.45, 2.75) is 31.1 Å².